The number of rotatable bonds is 4. The van der Waals surface area contributed by atoms with Crippen LogP contribution in [0.5, 0.6) is 0 Å². The summed E-state index contributed by atoms with van der Waals surface area (Å²) in [4.78, 5) is 2.41. The van der Waals surface area contributed by atoms with Crippen LogP contribution in [-0.4, -0.2) is 29.6 Å². The second kappa shape index (κ2) is 6.23. The molecule has 1 aliphatic heterocycles. The number of hydrogen-bond donors (Lipinski definition) is 1. The van der Waals surface area contributed by atoms with Crippen molar-refractivity contribution in [1.29, 1.82) is 0 Å². The molecule has 0 aromatic heterocycles. The zero-order valence-corrected chi connectivity index (χ0v) is 12.8. The van der Waals surface area contributed by atoms with Gasteiger partial charge in [0.25, 0.3) is 0 Å². The van der Waals surface area contributed by atoms with Gasteiger partial charge in [0.1, 0.15) is 5.82 Å². The lowest BCUT2D eigenvalue weighted by Crippen LogP contribution is -2.40. The van der Waals surface area contributed by atoms with Gasteiger partial charge in [-0.1, -0.05) is 26.0 Å². The molecule has 1 unspecified atom stereocenters. The lowest BCUT2D eigenvalue weighted by molar-refractivity contribution is 0.0898. The van der Waals surface area contributed by atoms with Gasteiger partial charge in [-0.2, -0.15) is 0 Å². The van der Waals surface area contributed by atoms with E-state index < -0.39 is 6.10 Å². The molecule has 0 bridgehead atoms. The Bertz CT molecular complexity index is 458. The van der Waals surface area contributed by atoms with Gasteiger partial charge in [-0.3, -0.25) is 0 Å². The summed E-state index contributed by atoms with van der Waals surface area (Å²) in [7, 11) is 0. The van der Waals surface area contributed by atoms with Crippen LogP contribution in [0, 0.1) is 18.2 Å². The van der Waals surface area contributed by atoms with Crippen molar-refractivity contribution in [2.45, 2.75) is 46.1 Å². The maximum Gasteiger partial charge on any atom is 0.126 e. The van der Waals surface area contributed by atoms with E-state index >= 15 is 0 Å². The molecule has 2 rings (SSSR count). The molecule has 1 aromatic rings. The molecule has 1 heterocycles. The maximum atomic E-state index is 13.5. The standard InChI is InChI=1S/C17H26FNO/c1-13-5-6-14(11-15(13)18)16(20)7-10-19-9-4-8-17(2,3)12-19/h5-6,11,16,20H,4,7-10,12H2,1-3H3. The Morgan fingerprint density at radius 2 is 2.15 bits per heavy atom. The first kappa shape index (κ1) is 15.5. The van der Waals surface area contributed by atoms with Gasteiger partial charge in [0.15, 0.2) is 0 Å². The molecule has 112 valence electrons. The van der Waals surface area contributed by atoms with Crippen molar-refractivity contribution in [3.05, 3.63) is 35.1 Å². The smallest absolute Gasteiger partial charge is 0.126 e. The molecular formula is C17H26FNO. The van der Waals surface area contributed by atoms with Gasteiger partial charge in [0, 0.05) is 13.1 Å². The predicted octanol–water partition coefficient (Wildman–Crippen LogP) is 3.68. The SMILES string of the molecule is Cc1ccc(C(O)CCN2CCCC(C)(C)C2)cc1F. The summed E-state index contributed by atoms with van der Waals surface area (Å²) in [5, 5.41) is 10.2. The number of aryl methyl sites for hydroxylation is 1. The molecule has 0 radical (unpaired) electrons. The topological polar surface area (TPSA) is 23.5 Å². The Kier molecular flexibility index (Phi) is 4.82. The number of aliphatic hydroxyl groups excluding tert-OH is 1. The van der Waals surface area contributed by atoms with E-state index in [0.717, 1.165) is 19.6 Å². The third-order valence-corrected chi connectivity index (χ3v) is 4.28. The lowest BCUT2D eigenvalue weighted by Gasteiger charge is -2.38. The van der Waals surface area contributed by atoms with Crippen LogP contribution >= 0.6 is 0 Å². The normalized spacial score (nSPS) is 20.9. The van der Waals surface area contributed by atoms with E-state index in [1.54, 1.807) is 13.0 Å². The highest BCUT2D eigenvalue weighted by atomic mass is 19.1. The molecule has 0 amide bonds. The minimum atomic E-state index is -0.574. The zero-order chi connectivity index (χ0) is 14.8. The fraction of sp³-hybridized carbons (Fsp3) is 0.647. The maximum absolute atomic E-state index is 13.5. The Morgan fingerprint density at radius 3 is 2.80 bits per heavy atom. The van der Waals surface area contributed by atoms with E-state index in [1.807, 2.05) is 6.07 Å². The van der Waals surface area contributed by atoms with Crippen LogP contribution in [0.2, 0.25) is 0 Å². The minimum absolute atomic E-state index is 0.236. The zero-order valence-electron chi connectivity index (χ0n) is 12.8. The third-order valence-electron chi connectivity index (χ3n) is 4.28. The van der Waals surface area contributed by atoms with Gasteiger partial charge in [-0.25, -0.2) is 4.39 Å². The summed E-state index contributed by atoms with van der Waals surface area (Å²) in [6.45, 7) is 9.40. The number of hydrogen-bond acceptors (Lipinski definition) is 2. The van der Waals surface area contributed by atoms with Crippen LogP contribution in [0.25, 0.3) is 0 Å². The monoisotopic (exact) mass is 279 g/mol. The van der Waals surface area contributed by atoms with E-state index in [9.17, 15) is 9.50 Å². The highest BCUT2D eigenvalue weighted by Crippen LogP contribution is 2.29. The Morgan fingerprint density at radius 1 is 1.40 bits per heavy atom. The van der Waals surface area contributed by atoms with Crippen LogP contribution in [0.4, 0.5) is 4.39 Å². The van der Waals surface area contributed by atoms with Gasteiger partial charge in [0.05, 0.1) is 6.10 Å². The molecule has 1 fully saturated rings. The fourth-order valence-corrected chi connectivity index (χ4v) is 3.02. The highest BCUT2D eigenvalue weighted by Gasteiger charge is 2.26. The van der Waals surface area contributed by atoms with Crippen LogP contribution < -0.4 is 0 Å². The first-order valence-electron chi connectivity index (χ1n) is 7.54. The quantitative estimate of drug-likeness (QED) is 0.909. The number of benzene rings is 1. The van der Waals surface area contributed by atoms with Crippen LogP contribution in [0.1, 0.15) is 50.3 Å². The van der Waals surface area contributed by atoms with Gasteiger partial charge >= 0.3 is 0 Å². The van der Waals surface area contributed by atoms with Gasteiger partial charge < -0.3 is 10.0 Å². The molecule has 0 spiro atoms. The van der Waals surface area contributed by atoms with E-state index in [1.165, 1.54) is 18.9 Å². The second-order valence-electron chi connectivity index (χ2n) is 6.86. The molecule has 1 N–H and O–H groups in total. The molecule has 1 atom stereocenters. The van der Waals surface area contributed by atoms with Crippen molar-refractivity contribution in [1.82, 2.24) is 4.90 Å². The summed E-state index contributed by atoms with van der Waals surface area (Å²) in [5.41, 5.74) is 1.68. The first-order valence-corrected chi connectivity index (χ1v) is 7.54. The lowest BCUT2D eigenvalue weighted by atomic mass is 9.84. The van der Waals surface area contributed by atoms with E-state index in [-0.39, 0.29) is 5.82 Å². The average molecular weight is 279 g/mol. The number of aliphatic hydroxyl groups is 1. The van der Waals surface area contributed by atoms with E-state index in [4.69, 9.17) is 0 Å². The van der Waals surface area contributed by atoms with Crippen LogP contribution in [0.15, 0.2) is 18.2 Å². The van der Waals surface area contributed by atoms with Gasteiger partial charge in [-0.15, -0.1) is 0 Å². The van der Waals surface area contributed by atoms with Crippen LogP contribution in [-0.2, 0) is 0 Å². The summed E-state index contributed by atoms with van der Waals surface area (Å²) in [6.07, 6.45) is 2.59. The predicted molar refractivity (Wildman–Crippen MR) is 80.2 cm³/mol. The van der Waals surface area contributed by atoms with Crippen molar-refractivity contribution in [2.75, 3.05) is 19.6 Å². The summed E-state index contributed by atoms with van der Waals surface area (Å²) >= 11 is 0. The molecular weight excluding hydrogens is 253 g/mol. The molecule has 2 nitrogen and oxygen atoms in total. The van der Waals surface area contributed by atoms with E-state index in [2.05, 4.69) is 18.7 Å². The summed E-state index contributed by atoms with van der Waals surface area (Å²) in [6, 6.07) is 5.02. The minimum Gasteiger partial charge on any atom is -0.388 e. The molecule has 0 aliphatic carbocycles. The fourth-order valence-electron chi connectivity index (χ4n) is 3.02. The molecule has 0 saturated carbocycles. The largest absolute Gasteiger partial charge is 0.388 e. The van der Waals surface area contributed by atoms with Crippen molar-refractivity contribution in [2.24, 2.45) is 5.41 Å². The van der Waals surface area contributed by atoms with Crippen molar-refractivity contribution >= 4 is 0 Å². The summed E-state index contributed by atoms with van der Waals surface area (Å²) < 4.78 is 13.5. The number of nitrogens with zero attached hydrogens (tertiary/aromatic N) is 1. The van der Waals surface area contributed by atoms with Gasteiger partial charge in [-0.05, 0) is 55.3 Å². The molecule has 1 aromatic carbocycles. The number of likely N-dealkylation sites (tertiary alicyclic amines) is 1. The molecule has 1 aliphatic rings. The Hall–Kier alpha value is -0.930. The average Bonchev–Trinajstić information content (AvgIpc) is 2.38. The number of halogens is 1. The molecule has 3 heteroatoms. The summed E-state index contributed by atoms with van der Waals surface area (Å²) in [5.74, 6) is -0.236. The van der Waals surface area contributed by atoms with Crippen molar-refractivity contribution < 1.29 is 9.50 Å². The van der Waals surface area contributed by atoms with Crippen molar-refractivity contribution in [3.63, 3.8) is 0 Å². The highest BCUT2D eigenvalue weighted by molar-refractivity contribution is 5.24. The van der Waals surface area contributed by atoms with Gasteiger partial charge in [0.2, 0.25) is 0 Å². The molecule has 20 heavy (non-hydrogen) atoms. The number of piperidine rings is 1. The molecule has 1 saturated heterocycles. The third kappa shape index (κ3) is 4.03. The second-order valence-corrected chi connectivity index (χ2v) is 6.86. The Labute approximate surface area is 121 Å². The van der Waals surface area contributed by atoms with Crippen LogP contribution in [0.3, 0.4) is 0 Å². The van der Waals surface area contributed by atoms with Crippen molar-refractivity contribution in [3.8, 4) is 0 Å². The van der Waals surface area contributed by atoms with E-state index in [0.29, 0.717) is 23.0 Å². The first-order chi connectivity index (χ1) is 9.37. The Balaban J connectivity index is 1.88.